The highest BCUT2D eigenvalue weighted by atomic mass is 35.5. The topological polar surface area (TPSA) is 50.1 Å². The van der Waals surface area contributed by atoms with Crippen LogP contribution in [0.2, 0.25) is 5.02 Å². The van der Waals surface area contributed by atoms with Gasteiger partial charge in [0.15, 0.2) is 0 Å². The first-order valence-electron chi connectivity index (χ1n) is 8.70. The van der Waals surface area contributed by atoms with Gasteiger partial charge in [-0.1, -0.05) is 23.7 Å². The lowest BCUT2D eigenvalue weighted by Gasteiger charge is -2.35. The molecule has 6 nitrogen and oxygen atoms in total. The molecule has 0 N–H and O–H groups in total. The molecule has 0 spiro atoms. The summed E-state index contributed by atoms with van der Waals surface area (Å²) in [5.41, 5.74) is 3.10. The molecule has 0 atom stereocenters. The summed E-state index contributed by atoms with van der Waals surface area (Å²) < 4.78 is 1.78. The molecule has 3 aromatic rings. The van der Waals surface area contributed by atoms with Crippen LogP contribution in [0.4, 0.5) is 5.82 Å². The third-order valence-electron chi connectivity index (χ3n) is 4.61. The first-order valence-corrected chi connectivity index (χ1v) is 9.08. The Hall–Kier alpha value is -2.44. The lowest BCUT2D eigenvalue weighted by molar-refractivity contribution is 0.249. The number of halogens is 1. The minimum atomic E-state index is 0.795. The summed E-state index contributed by atoms with van der Waals surface area (Å²) in [6.45, 7) is 4.78. The molecule has 0 aliphatic carbocycles. The van der Waals surface area contributed by atoms with Gasteiger partial charge in [0.1, 0.15) is 5.82 Å². The van der Waals surface area contributed by atoms with Crippen LogP contribution in [0.15, 0.2) is 49.1 Å². The first kappa shape index (κ1) is 17.0. The van der Waals surface area contributed by atoms with E-state index in [1.54, 1.807) is 10.9 Å². The smallest absolute Gasteiger partial charge is 0.147 e. The van der Waals surface area contributed by atoms with Gasteiger partial charge < -0.3 is 4.90 Å². The molecule has 0 unspecified atom stereocenters. The Labute approximate surface area is 158 Å². The standard InChI is InChI=1S/C19H21ClN6/c1-24-14-16(10-22-24)18-11-21-12-19(23-18)26-7-5-25(6-8-26)13-15-3-2-4-17(20)9-15/h2-4,9-12,14H,5-8,13H2,1H3. The van der Waals surface area contributed by atoms with Crippen molar-refractivity contribution in [3.8, 4) is 11.3 Å². The molecule has 1 aromatic carbocycles. The van der Waals surface area contributed by atoms with E-state index in [0.29, 0.717) is 0 Å². The zero-order valence-corrected chi connectivity index (χ0v) is 15.5. The highest BCUT2D eigenvalue weighted by molar-refractivity contribution is 6.30. The molecule has 1 aliphatic rings. The highest BCUT2D eigenvalue weighted by Crippen LogP contribution is 2.20. The Morgan fingerprint density at radius 1 is 1.08 bits per heavy atom. The number of anilines is 1. The predicted molar refractivity (Wildman–Crippen MR) is 103 cm³/mol. The van der Waals surface area contributed by atoms with E-state index >= 15 is 0 Å². The van der Waals surface area contributed by atoms with Crippen molar-refractivity contribution >= 4 is 17.4 Å². The van der Waals surface area contributed by atoms with Crippen molar-refractivity contribution in [1.29, 1.82) is 0 Å². The van der Waals surface area contributed by atoms with E-state index in [0.717, 1.165) is 54.8 Å². The van der Waals surface area contributed by atoms with Crippen molar-refractivity contribution in [3.05, 3.63) is 59.6 Å². The van der Waals surface area contributed by atoms with Crippen LogP contribution in [0.5, 0.6) is 0 Å². The molecule has 1 saturated heterocycles. The summed E-state index contributed by atoms with van der Waals surface area (Å²) >= 11 is 6.08. The number of nitrogens with zero attached hydrogens (tertiary/aromatic N) is 6. The Balaban J connectivity index is 1.40. The van der Waals surface area contributed by atoms with Crippen LogP contribution < -0.4 is 4.90 Å². The second-order valence-electron chi connectivity index (χ2n) is 6.56. The zero-order chi connectivity index (χ0) is 17.9. The molecule has 1 aliphatic heterocycles. The Kier molecular flexibility index (Phi) is 4.86. The number of aryl methyl sites for hydroxylation is 1. The van der Waals surface area contributed by atoms with E-state index in [-0.39, 0.29) is 0 Å². The normalized spacial score (nSPS) is 15.4. The number of benzene rings is 1. The van der Waals surface area contributed by atoms with Gasteiger partial charge in [0.25, 0.3) is 0 Å². The van der Waals surface area contributed by atoms with Crippen molar-refractivity contribution in [2.45, 2.75) is 6.54 Å². The van der Waals surface area contributed by atoms with Crippen molar-refractivity contribution < 1.29 is 0 Å². The highest BCUT2D eigenvalue weighted by Gasteiger charge is 2.19. The van der Waals surface area contributed by atoms with Crippen LogP contribution in [-0.4, -0.2) is 50.8 Å². The Bertz CT molecular complexity index is 885. The quantitative estimate of drug-likeness (QED) is 0.708. The van der Waals surface area contributed by atoms with Crippen LogP contribution >= 0.6 is 11.6 Å². The van der Waals surface area contributed by atoms with Gasteiger partial charge in [-0.3, -0.25) is 14.6 Å². The minimum Gasteiger partial charge on any atom is -0.353 e. The van der Waals surface area contributed by atoms with E-state index in [1.807, 2.05) is 43.8 Å². The maximum Gasteiger partial charge on any atom is 0.147 e. The van der Waals surface area contributed by atoms with Gasteiger partial charge in [0, 0.05) is 56.6 Å². The monoisotopic (exact) mass is 368 g/mol. The molecule has 3 heterocycles. The van der Waals surface area contributed by atoms with E-state index in [2.05, 4.69) is 25.9 Å². The van der Waals surface area contributed by atoms with E-state index in [4.69, 9.17) is 16.6 Å². The van der Waals surface area contributed by atoms with Crippen LogP contribution in [0, 0.1) is 0 Å². The largest absolute Gasteiger partial charge is 0.353 e. The van der Waals surface area contributed by atoms with Gasteiger partial charge in [-0.15, -0.1) is 0 Å². The summed E-state index contributed by atoms with van der Waals surface area (Å²) in [4.78, 5) is 13.9. The number of aromatic nitrogens is 4. The summed E-state index contributed by atoms with van der Waals surface area (Å²) in [6.07, 6.45) is 7.40. The third-order valence-corrected chi connectivity index (χ3v) is 4.85. The second-order valence-corrected chi connectivity index (χ2v) is 6.99. The molecular formula is C19H21ClN6. The van der Waals surface area contributed by atoms with E-state index in [1.165, 1.54) is 5.56 Å². The fourth-order valence-electron chi connectivity index (χ4n) is 3.23. The van der Waals surface area contributed by atoms with Crippen molar-refractivity contribution in [1.82, 2.24) is 24.6 Å². The van der Waals surface area contributed by atoms with Gasteiger partial charge in [-0.25, -0.2) is 4.98 Å². The molecule has 0 saturated carbocycles. The van der Waals surface area contributed by atoms with Crippen molar-refractivity contribution in [3.63, 3.8) is 0 Å². The Morgan fingerprint density at radius 3 is 2.65 bits per heavy atom. The molecule has 7 heteroatoms. The van der Waals surface area contributed by atoms with Crippen LogP contribution in [0.1, 0.15) is 5.56 Å². The number of hydrogen-bond donors (Lipinski definition) is 0. The van der Waals surface area contributed by atoms with E-state index in [9.17, 15) is 0 Å². The van der Waals surface area contributed by atoms with Gasteiger partial charge in [0.2, 0.25) is 0 Å². The van der Waals surface area contributed by atoms with Crippen LogP contribution in [0.25, 0.3) is 11.3 Å². The van der Waals surface area contributed by atoms with Gasteiger partial charge in [0.05, 0.1) is 24.3 Å². The zero-order valence-electron chi connectivity index (χ0n) is 14.7. The molecule has 0 bridgehead atoms. The second kappa shape index (κ2) is 7.43. The molecule has 0 amide bonds. The van der Waals surface area contributed by atoms with Gasteiger partial charge in [-0.2, -0.15) is 5.10 Å². The van der Waals surface area contributed by atoms with Gasteiger partial charge >= 0.3 is 0 Å². The number of rotatable bonds is 4. The summed E-state index contributed by atoms with van der Waals surface area (Å²) in [5, 5.41) is 5.01. The molecule has 134 valence electrons. The molecule has 0 radical (unpaired) electrons. The van der Waals surface area contributed by atoms with Crippen molar-refractivity contribution in [2.75, 3.05) is 31.1 Å². The lowest BCUT2D eigenvalue weighted by atomic mass is 10.2. The SMILES string of the molecule is Cn1cc(-c2cncc(N3CCN(Cc4cccc(Cl)c4)CC3)n2)cn1. The van der Waals surface area contributed by atoms with Crippen LogP contribution in [0.3, 0.4) is 0 Å². The molecule has 2 aromatic heterocycles. The fraction of sp³-hybridized carbons (Fsp3) is 0.316. The Morgan fingerprint density at radius 2 is 1.92 bits per heavy atom. The predicted octanol–water partition coefficient (Wildman–Crippen LogP) is 2.85. The minimum absolute atomic E-state index is 0.795. The van der Waals surface area contributed by atoms with E-state index < -0.39 is 0 Å². The average molecular weight is 369 g/mol. The maximum absolute atomic E-state index is 6.08. The average Bonchev–Trinajstić information content (AvgIpc) is 3.09. The fourth-order valence-corrected chi connectivity index (χ4v) is 3.44. The van der Waals surface area contributed by atoms with Crippen LogP contribution in [-0.2, 0) is 13.6 Å². The summed E-state index contributed by atoms with van der Waals surface area (Å²) in [7, 11) is 1.90. The number of hydrogen-bond acceptors (Lipinski definition) is 5. The molecule has 1 fully saturated rings. The summed E-state index contributed by atoms with van der Waals surface area (Å²) in [5.74, 6) is 0.925. The van der Waals surface area contributed by atoms with Gasteiger partial charge in [-0.05, 0) is 17.7 Å². The number of piperazine rings is 1. The summed E-state index contributed by atoms with van der Waals surface area (Å²) in [6, 6.07) is 8.09. The third kappa shape index (κ3) is 3.86. The maximum atomic E-state index is 6.08. The first-order chi connectivity index (χ1) is 12.7. The van der Waals surface area contributed by atoms with Crippen molar-refractivity contribution in [2.24, 2.45) is 7.05 Å². The molecular weight excluding hydrogens is 348 g/mol. The molecule has 26 heavy (non-hydrogen) atoms. The molecule has 4 rings (SSSR count). The lowest BCUT2D eigenvalue weighted by Crippen LogP contribution is -2.46.